The Bertz CT molecular complexity index is 459. The lowest BCUT2D eigenvalue weighted by Gasteiger charge is -2.17. The third-order valence-electron chi connectivity index (χ3n) is 2.76. The van der Waals surface area contributed by atoms with E-state index in [-0.39, 0.29) is 18.1 Å². The topological polar surface area (TPSA) is 86.6 Å². The Hall–Kier alpha value is -2.04. The van der Waals surface area contributed by atoms with Crippen LogP contribution in [0, 0.1) is 13.8 Å². The van der Waals surface area contributed by atoms with Crippen LogP contribution >= 0.6 is 0 Å². The van der Waals surface area contributed by atoms with Gasteiger partial charge in [0.25, 0.3) is 0 Å². The summed E-state index contributed by atoms with van der Waals surface area (Å²) in [5.74, 6) is -1.30. The highest BCUT2D eigenvalue weighted by Gasteiger charge is 2.20. The zero-order valence-electron chi connectivity index (χ0n) is 10.7. The molecule has 0 aromatic heterocycles. The van der Waals surface area contributed by atoms with Crippen molar-refractivity contribution in [3.05, 3.63) is 28.8 Å². The van der Waals surface area contributed by atoms with Gasteiger partial charge in [-0.2, -0.15) is 0 Å². The van der Waals surface area contributed by atoms with Gasteiger partial charge in [-0.05, 0) is 42.7 Å². The first-order chi connectivity index (χ1) is 8.31. The number of rotatable bonds is 4. The van der Waals surface area contributed by atoms with Gasteiger partial charge >= 0.3 is 5.97 Å². The molecule has 1 amide bonds. The third-order valence-corrected chi connectivity index (χ3v) is 2.76. The zero-order chi connectivity index (χ0) is 13.9. The van der Waals surface area contributed by atoms with Gasteiger partial charge in [-0.25, -0.2) is 4.79 Å². The lowest BCUT2D eigenvalue weighted by atomic mass is 9.96. The van der Waals surface area contributed by atoms with Crippen LogP contribution in [0.15, 0.2) is 12.1 Å². The number of hydrogen-bond donors (Lipinski definition) is 3. The number of phenolic OH excluding ortho intramolecular Hbond substituents is 1. The van der Waals surface area contributed by atoms with E-state index in [4.69, 9.17) is 5.11 Å². The molecule has 0 fully saturated rings. The van der Waals surface area contributed by atoms with Gasteiger partial charge in [-0.3, -0.25) is 4.79 Å². The smallest absolute Gasteiger partial charge is 0.326 e. The Morgan fingerprint density at radius 2 is 1.78 bits per heavy atom. The number of carbonyl (C=O) groups excluding carboxylic acids is 1. The van der Waals surface area contributed by atoms with Crippen molar-refractivity contribution in [2.45, 2.75) is 33.2 Å². The van der Waals surface area contributed by atoms with Crippen molar-refractivity contribution in [1.82, 2.24) is 5.32 Å². The highest BCUT2D eigenvalue weighted by molar-refractivity contribution is 5.82. The molecule has 1 aromatic rings. The molecule has 5 heteroatoms. The lowest BCUT2D eigenvalue weighted by molar-refractivity contribution is -0.141. The van der Waals surface area contributed by atoms with Crippen LogP contribution in [-0.4, -0.2) is 28.1 Å². The highest BCUT2D eigenvalue weighted by atomic mass is 16.4. The Kier molecular flexibility index (Phi) is 4.31. The molecular formula is C13H17NO4. The molecule has 0 saturated heterocycles. The van der Waals surface area contributed by atoms with Crippen LogP contribution in [0.5, 0.6) is 5.75 Å². The predicted molar refractivity (Wildman–Crippen MR) is 66.5 cm³/mol. The largest absolute Gasteiger partial charge is 0.508 e. The lowest BCUT2D eigenvalue weighted by Crippen LogP contribution is -2.41. The number of carboxylic acid groups (broad SMARTS) is 1. The number of aryl methyl sites for hydroxylation is 2. The quantitative estimate of drug-likeness (QED) is 0.749. The van der Waals surface area contributed by atoms with E-state index < -0.39 is 12.0 Å². The third kappa shape index (κ3) is 3.48. The molecule has 18 heavy (non-hydrogen) atoms. The molecule has 1 aromatic carbocycles. The number of carboxylic acids is 1. The van der Waals surface area contributed by atoms with E-state index in [0.717, 1.165) is 16.7 Å². The molecule has 1 atom stereocenters. The second-order valence-corrected chi connectivity index (χ2v) is 4.35. The van der Waals surface area contributed by atoms with Crippen molar-refractivity contribution in [3.63, 3.8) is 0 Å². The predicted octanol–water partition coefficient (Wildman–Crippen LogP) is 1.14. The minimum Gasteiger partial charge on any atom is -0.508 e. The maximum absolute atomic E-state index is 11.1. The van der Waals surface area contributed by atoms with Gasteiger partial charge < -0.3 is 15.5 Å². The van der Waals surface area contributed by atoms with Gasteiger partial charge in [0.2, 0.25) is 5.91 Å². The molecule has 0 spiro atoms. The summed E-state index contributed by atoms with van der Waals surface area (Å²) in [4.78, 5) is 22.0. The van der Waals surface area contributed by atoms with Crippen LogP contribution in [0.1, 0.15) is 23.6 Å². The fraction of sp³-hybridized carbons (Fsp3) is 0.385. The number of aromatic hydroxyl groups is 1. The summed E-state index contributed by atoms with van der Waals surface area (Å²) in [6, 6.07) is 2.20. The van der Waals surface area contributed by atoms with Crippen LogP contribution in [0.4, 0.5) is 0 Å². The van der Waals surface area contributed by atoms with Gasteiger partial charge in [-0.1, -0.05) is 0 Å². The van der Waals surface area contributed by atoms with Gasteiger partial charge in [0.1, 0.15) is 11.8 Å². The van der Waals surface area contributed by atoms with Gasteiger partial charge in [0.15, 0.2) is 0 Å². The molecule has 0 aliphatic heterocycles. The number of amides is 1. The number of aliphatic carboxylic acids is 1. The molecule has 0 aliphatic carbocycles. The van der Waals surface area contributed by atoms with E-state index in [2.05, 4.69) is 5.32 Å². The number of carbonyl (C=O) groups is 2. The molecule has 1 rings (SSSR count). The summed E-state index contributed by atoms with van der Waals surface area (Å²) in [6.07, 6.45) is 0.201. The minimum atomic E-state index is -1.07. The van der Waals surface area contributed by atoms with Crippen LogP contribution < -0.4 is 5.32 Å². The average Bonchev–Trinajstić information content (AvgIpc) is 2.20. The molecule has 0 saturated carbocycles. The molecule has 0 unspecified atom stereocenters. The van der Waals surface area contributed by atoms with Crippen LogP contribution in [0.25, 0.3) is 0 Å². The fourth-order valence-corrected chi connectivity index (χ4v) is 1.94. The molecule has 98 valence electrons. The highest BCUT2D eigenvalue weighted by Crippen LogP contribution is 2.22. The second-order valence-electron chi connectivity index (χ2n) is 4.35. The first kappa shape index (κ1) is 14.0. The van der Waals surface area contributed by atoms with Gasteiger partial charge in [0, 0.05) is 13.3 Å². The van der Waals surface area contributed by atoms with E-state index >= 15 is 0 Å². The van der Waals surface area contributed by atoms with E-state index in [1.165, 1.54) is 6.92 Å². The summed E-state index contributed by atoms with van der Waals surface area (Å²) in [5.41, 5.74) is 2.45. The zero-order valence-corrected chi connectivity index (χ0v) is 10.7. The second kappa shape index (κ2) is 5.53. The minimum absolute atomic E-state index is 0.153. The Morgan fingerprint density at radius 3 is 2.17 bits per heavy atom. The van der Waals surface area contributed by atoms with E-state index in [1.807, 2.05) is 0 Å². The Labute approximate surface area is 105 Å². The average molecular weight is 251 g/mol. The van der Waals surface area contributed by atoms with Crippen LogP contribution in [0.3, 0.4) is 0 Å². The van der Waals surface area contributed by atoms with Crippen molar-refractivity contribution in [1.29, 1.82) is 0 Å². The molecule has 5 nitrogen and oxygen atoms in total. The maximum Gasteiger partial charge on any atom is 0.326 e. The number of hydrogen-bond acceptors (Lipinski definition) is 3. The van der Waals surface area contributed by atoms with Crippen molar-refractivity contribution in [2.24, 2.45) is 0 Å². The van der Waals surface area contributed by atoms with Crippen LogP contribution in [-0.2, 0) is 16.0 Å². The first-order valence-electron chi connectivity index (χ1n) is 5.60. The first-order valence-corrected chi connectivity index (χ1v) is 5.60. The normalized spacial score (nSPS) is 11.9. The summed E-state index contributed by atoms with van der Waals surface area (Å²) >= 11 is 0. The van der Waals surface area contributed by atoms with Crippen molar-refractivity contribution < 1.29 is 19.8 Å². The summed E-state index contributed by atoms with van der Waals surface area (Å²) < 4.78 is 0. The molecule has 0 aliphatic rings. The van der Waals surface area contributed by atoms with E-state index in [1.54, 1.807) is 26.0 Å². The SMILES string of the molecule is CC(=O)N[C@@H](Cc1c(C)cc(O)cc1C)C(=O)O. The van der Waals surface area contributed by atoms with Gasteiger partial charge in [0.05, 0.1) is 0 Å². The van der Waals surface area contributed by atoms with E-state index in [9.17, 15) is 14.7 Å². The number of nitrogens with one attached hydrogen (secondary N) is 1. The molecule has 3 N–H and O–H groups in total. The molecule has 0 heterocycles. The Morgan fingerprint density at radius 1 is 1.28 bits per heavy atom. The maximum atomic E-state index is 11.1. The standard InChI is InChI=1S/C13H17NO4/c1-7-4-10(16)5-8(2)11(7)6-12(13(17)18)14-9(3)15/h4-5,12,16H,6H2,1-3H3,(H,14,15)(H,17,18)/t12-/m0/s1. The summed E-state index contributed by atoms with van der Waals surface area (Å²) in [6.45, 7) is 4.88. The molecule has 0 bridgehead atoms. The van der Waals surface area contributed by atoms with Crippen LogP contribution in [0.2, 0.25) is 0 Å². The fourth-order valence-electron chi connectivity index (χ4n) is 1.94. The number of benzene rings is 1. The van der Waals surface area contributed by atoms with Crippen molar-refractivity contribution in [3.8, 4) is 5.75 Å². The number of phenols is 1. The molecular weight excluding hydrogens is 234 g/mol. The van der Waals surface area contributed by atoms with E-state index in [0.29, 0.717) is 0 Å². The van der Waals surface area contributed by atoms with Crippen molar-refractivity contribution >= 4 is 11.9 Å². The Balaban J connectivity index is 3.01. The summed E-state index contributed by atoms with van der Waals surface area (Å²) in [5, 5.41) is 20.9. The molecule has 0 radical (unpaired) electrons. The summed E-state index contributed by atoms with van der Waals surface area (Å²) in [7, 11) is 0. The van der Waals surface area contributed by atoms with Gasteiger partial charge in [-0.15, -0.1) is 0 Å². The van der Waals surface area contributed by atoms with Crippen molar-refractivity contribution in [2.75, 3.05) is 0 Å². The monoisotopic (exact) mass is 251 g/mol.